The van der Waals surface area contributed by atoms with E-state index in [0.717, 1.165) is 5.56 Å². The Balaban J connectivity index is 1.96. The number of amides is 1. The van der Waals surface area contributed by atoms with E-state index in [1.54, 1.807) is 12.1 Å². The van der Waals surface area contributed by atoms with E-state index in [2.05, 4.69) is 19.6 Å². The molecule has 0 heterocycles. The number of hydrogen-bond donors (Lipinski definition) is 2. The number of hydrogen-bond acceptors (Lipinski definition) is 5. The molecule has 1 amide bonds. The van der Waals surface area contributed by atoms with Crippen molar-refractivity contribution >= 4 is 30.4 Å². The fourth-order valence-corrected chi connectivity index (χ4v) is 2.59. The molecule has 138 valence electrons. The molecule has 0 spiro atoms. The average molecular weight is 396 g/mol. The zero-order valence-electron chi connectivity index (χ0n) is 13.8. The third-order valence-electron chi connectivity index (χ3n) is 3.35. The number of ether oxygens (including phenoxy) is 1. The predicted molar refractivity (Wildman–Crippen MR) is 101 cm³/mol. The largest absolute Gasteiger partial charge is 0.445 e. The van der Waals surface area contributed by atoms with Crippen LogP contribution in [0.25, 0.3) is 0 Å². The van der Waals surface area contributed by atoms with E-state index in [4.69, 9.17) is 9.26 Å². The Hall–Kier alpha value is -2.07. The number of carbonyl (C=O) groups excluding carboxylic acids is 2. The molecule has 2 rings (SSSR count). The maximum atomic E-state index is 13.0. The van der Waals surface area contributed by atoms with Gasteiger partial charge in [0.15, 0.2) is 8.96 Å². The Labute approximate surface area is 155 Å². The van der Waals surface area contributed by atoms with Gasteiger partial charge in [-0.25, -0.2) is 18.8 Å². The highest BCUT2D eigenvalue weighted by Crippen LogP contribution is 2.13. The van der Waals surface area contributed by atoms with E-state index in [-0.39, 0.29) is 27.8 Å². The van der Waals surface area contributed by atoms with Crippen molar-refractivity contribution in [2.45, 2.75) is 19.1 Å². The summed E-state index contributed by atoms with van der Waals surface area (Å²) in [6, 6.07) is 13.9. The molecule has 0 aliphatic heterocycles. The molecular weight excluding hydrogens is 377 g/mol. The first kappa shape index (κ1) is 20.2. The summed E-state index contributed by atoms with van der Waals surface area (Å²) in [6.45, 7) is 0.0832. The van der Waals surface area contributed by atoms with Crippen molar-refractivity contribution in [3.05, 3.63) is 71.5 Å². The van der Waals surface area contributed by atoms with E-state index in [9.17, 15) is 14.0 Å². The van der Waals surface area contributed by atoms with Crippen LogP contribution in [-0.4, -0.2) is 18.1 Å². The molecule has 0 bridgehead atoms. The van der Waals surface area contributed by atoms with Gasteiger partial charge in [-0.05, 0) is 23.3 Å². The zero-order valence-corrected chi connectivity index (χ0v) is 15.9. The van der Waals surface area contributed by atoms with E-state index < -0.39 is 18.1 Å². The molecule has 3 atom stereocenters. The van der Waals surface area contributed by atoms with Gasteiger partial charge in [0.25, 0.3) is 0 Å². The van der Waals surface area contributed by atoms with Crippen LogP contribution in [0.3, 0.4) is 0 Å². The van der Waals surface area contributed by atoms with Crippen LogP contribution in [0.5, 0.6) is 0 Å². The maximum Gasteiger partial charge on any atom is 0.408 e. The van der Waals surface area contributed by atoms with Gasteiger partial charge in [0, 0.05) is 6.42 Å². The predicted octanol–water partition coefficient (Wildman–Crippen LogP) is 3.09. The van der Waals surface area contributed by atoms with E-state index in [0.29, 0.717) is 5.56 Å². The molecule has 6 nitrogen and oxygen atoms in total. The lowest BCUT2D eigenvalue weighted by Crippen LogP contribution is -2.43. The molecule has 26 heavy (non-hydrogen) atoms. The van der Waals surface area contributed by atoms with Crippen molar-refractivity contribution < 1.29 is 23.2 Å². The smallest absolute Gasteiger partial charge is 0.408 e. The van der Waals surface area contributed by atoms with Gasteiger partial charge in [0.05, 0.1) is 0 Å². The summed E-state index contributed by atoms with van der Waals surface area (Å²) in [7, 11) is 1.95. The van der Waals surface area contributed by atoms with Gasteiger partial charge in [0.2, 0.25) is 0 Å². The average Bonchev–Trinajstić information content (AvgIpc) is 2.66. The first-order valence-corrected chi connectivity index (χ1v) is 9.20. The third-order valence-corrected chi connectivity index (χ3v) is 4.13. The zero-order chi connectivity index (χ0) is 18.8. The quantitative estimate of drug-likeness (QED) is 0.671. The van der Waals surface area contributed by atoms with Crippen LogP contribution in [0, 0.1) is 5.82 Å². The summed E-state index contributed by atoms with van der Waals surface area (Å²) in [4.78, 5) is 26.8. The fourth-order valence-electron chi connectivity index (χ4n) is 2.11. The van der Waals surface area contributed by atoms with Crippen LogP contribution in [0.15, 0.2) is 54.6 Å². The summed E-state index contributed by atoms with van der Waals surface area (Å²) in [6.07, 6.45) is -0.582. The molecule has 0 saturated carbocycles. The molecule has 2 N–H and O–H groups in total. The van der Waals surface area contributed by atoms with E-state index >= 15 is 0 Å². The second-order valence-electron chi connectivity index (χ2n) is 5.26. The summed E-state index contributed by atoms with van der Waals surface area (Å²) < 4.78 is 23.2. The highest BCUT2D eigenvalue weighted by atomic mass is 31.1. The highest BCUT2D eigenvalue weighted by molar-refractivity contribution is 7.41. The number of halogens is 1. The van der Waals surface area contributed by atoms with Crippen molar-refractivity contribution in [1.82, 2.24) is 10.2 Å². The summed E-state index contributed by atoms with van der Waals surface area (Å²) in [5.74, 6) is -0.990. The lowest BCUT2D eigenvalue weighted by atomic mass is 10.1. The Morgan fingerprint density at radius 2 is 1.77 bits per heavy atom. The highest BCUT2D eigenvalue weighted by Gasteiger charge is 2.23. The van der Waals surface area contributed by atoms with Gasteiger partial charge in [-0.2, -0.15) is 0 Å². The summed E-state index contributed by atoms with van der Waals surface area (Å²) in [5, 5.41) is 2.50. The van der Waals surface area contributed by atoms with Gasteiger partial charge in [-0.1, -0.05) is 51.9 Å². The minimum absolute atomic E-state index is 0.0832. The molecule has 9 heteroatoms. The van der Waals surface area contributed by atoms with Crippen LogP contribution < -0.4 is 10.2 Å². The molecule has 0 aliphatic rings. The first-order valence-electron chi connectivity index (χ1n) is 7.71. The summed E-state index contributed by atoms with van der Waals surface area (Å²) in [5.41, 5.74) is 1.51. The summed E-state index contributed by atoms with van der Waals surface area (Å²) >= 11 is 0. The normalized spacial score (nSPS) is 11.9. The SMILES string of the molecule is O=C(N[C@H](Cc1ccc(F)cc1)C(=O)OPNP)OCc1ccccc1. The molecule has 2 aromatic rings. The van der Waals surface area contributed by atoms with Crippen molar-refractivity contribution in [2.75, 3.05) is 0 Å². The van der Waals surface area contributed by atoms with Gasteiger partial charge < -0.3 is 14.6 Å². The second kappa shape index (κ2) is 10.8. The van der Waals surface area contributed by atoms with Crippen molar-refractivity contribution in [2.24, 2.45) is 0 Å². The van der Waals surface area contributed by atoms with Gasteiger partial charge in [0.1, 0.15) is 18.5 Å². The van der Waals surface area contributed by atoms with Crippen LogP contribution in [0.1, 0.15) is 11.1 Å². The molecular formula is C17H19FN2O4P2. The van der Waals surface area contributed by atoms with Crippen molar-refractivity contribution in [1.29, 1.82) is 0 Å². The minimum atomic E-state index is -0.949. The number of alkyl carbamates (subject to hydrolysis) is 1. The maximum absolute atomic E-state index is 13.0. The number of rotatable bonds is 8. The van der Waals surface area contributed by atoms with Crippen LogP contribution in [-0.2, 0) is 27.1 Å². The lowest BCUT2D eigenvalue weighted by molar-refractivity contribution is -0.135. The molecule has 2 aromatic carbocycles. The third kappa shape index (κ3) is 7.04. The lowest BCUT2D eigenvalue weighted by Gasteiger charge is -2.17. The molecule has 0 aromatic heterocycles. The van der Waals surface area contributed by atoms with Crippen LogP contribution >= 0.6 is 18.3 Å². The molecule has 0 fully saturated rings. The van der Waals surface area contributed by atoms with Crippen LogP contribution in [0.2, 0.25) is 0 Å². The van der Waals surface area contributed by atoms with Gasteiger partial charge in [-0.15, -0.1) is 0 Å². The first-order chi connectivity index (χ1) is 12.6. The van der Waals surface area contributed by atoms with E-state index in [1.165, 1.54) is 12.1 Å². The Morgan fingerprint density at radius 1 is 1.08 bits per heavy atom. The molecule has 0 radical (unpaired) electrons. The number of benzene rings is 2. The van der Waals surface area contributed by atoms with E-state index in [1.807, 2.05) is 30.3 Å². The fraction of sp³-hybridized carbons (Fsp3) is 0.176. The standard InChI is InChI=1S/C17H19FN2O4P2/c18-14-8-6-12(7-9-14)10-15(16(21)24-26-20-25)19-17(22)23-11-13-4-2-1-3-5-13/h1-9,15,20,26H,10-11,25H2,(H,19,22)/t15-/m1/s1. The topological polar surface area (TPSA) is 76.7 Å². The van der Waals surface area contributed by atoms with Crippen LogP contribution in [0.4, 0.5) is 9.18 Å². The molecule has 0 aliphatic carbocycles. The Kier molecular flexibility index (Phi) is 8.42. The number of carbonyl (C=O) groups is 2. The van der Waals surface area contributed by atoms with Crippen molar-refractivity contribution in [3.63, 3.8) is 0 Å². The monoisotopic (exact) mass is 396 g/mol. The second-order valence-corrected chi connectivity index (χ2v) is 6.82. The molecule has 2 unspecified atom stereocenters. The Morgan fingerprint density at radius 3 is 2.42 bits per heavy atom. The molecule has 0 saturated heterocycles. The van der Waals surface area contributed by atoms with Gasteiger partial charge in [-0.3, -0.25) is 0 Å². The Bertz CT molecular complexity index is 716. The van der Waals surface area contributed by atoms with Crippen molar-refractivity contribution in [3.8, 4) is 0 Å². The number of nitrogens with one attached hydrogen (secondary N) is 2. The minimum Gasteiger partial charge on any atom is -0.445 e. The van der Waals surface area contributed by atoms with Gasteiger partial charge >= 0.3 is 12.1 Å².